The number of sulfonamides is 1. The number of aromatic nitrogens is 1. The number of fused-ring (bicyclic) bond motifs is 1. The number of aryl methyl sites for hydroxylation is 3. The number of pyridine rings is 1. The third-order valence-corrected chi connectivity index (χ3v) is 9.05. The second-order valence-electron chi connectivity index (χ2n) is 9.32. The van der Waals surface area contributed by atoms with Crippen LogP contribution in [0.4, 0.5) is 5.69 Å². The Morgan fingerprint density at radius 1 is 0.972 bits per heavy atom. The van der Waals surface area contributed by atoms with E-state index in [0.29, 0.717) is 44.8 Å². The molecule has 1 fully saturated rings. The van der Waals surface area contributed by atoms with E-state index >= 15 is 0 Å². The molecule has 2 aromatic carbocycles. The Hall–Kier alpha value is -3.17. The van der Waals surface area contributed by atoms with Crippen molar-refractivity contribution in [2.75, 3.05) is 44.2 Å². The van der Waals surface area contributed by atoms with Gasteiger partial charge in [-0.1, -0.05) is 26.0 Å². The van der Waals surface area contributed by atoms with Crippen LogP contribution in [0.25, 0.3) is 10.9 Å². The monoisotopic (exact) mass is 510 g/mol. The first-order chi connectivity index (χ1) is 17.1. The third-order valence-electron chi connectivity index (χ3n) is 7.01. The van der Waals surface area contributed by atoms with Crippen LogP contribution >= 0.6 is 0 Å². The van der Waals surface area contributed by atoms with Gasteiger partial charge in [0.05, 0.1) is 10.4 Å². The molecular weight excluding hydrogens is 476 g/mol. The molecule has 4 rings (SSSR count). The van der Waals surface area contributed by atoms with E-state index in [1.54, 1.807) is 42.6 Å². The van der Waals surface area contributed by atoms with Crippen LogP contribution in [0.2, 0.25) is 0 Å². The van der Waals surface area contributed by atoms with Gasteiger partial charge in [-0.15, -0.1) is 0 Å². The van der Waals surface area contributed by atoms with Gasteiger partial charge in [0.25, 0.3) is 5.91 Å². The smallest absolute Gasteiger partial charge is 0.259 e. The molecule has 1 aliphatic rings. The molecule has 0 N–H and O–H groups in total. The zero-order valence-corrected chi connectivity index (χ0v) is 22.4. The maximum Gasteiger partial charge on any atom is 0.259 e. The molecule has 8 nitrogen and oxygen atoms in total. The van der Waals surface area contributed by atoms with Crippen molar-refractivity contribution in [3.05, 3.63) is 69.5 Å². The second-order valence-corrected chi connectivity index (χ2v) is 11.3. The molecule has 1 saturated heterocycles. The van der Waals surface area contributed by atoms with Crippen LogP contribution < -0.4 is 10.3 Å². The molecule has 0 unspecified atom stereocenters. The van der Waals surface area contributed by atoms with Crippen molar-refractivity contribution in [2.45, 2.75) is 32.6 Å². The molecule has 0 spiro atoms. The number of benzene rings is 2. The van der Waals surface area contributed by atoms with E-state index in [-0.39, 0.29) is 21.8 Å². The molecule has 0 aliphatic carbocycles. The fourth-order valence-corrected chi connectivity index (χ4v) is 6.36. The highest BCUT2D eigenvalue weighted by molar-refractivity contribution is 7.89. The van der Waals surface area contributed by atoms with Gasteiger partial charge in [-0.3, -0.25) is 9.59 Å². The van der Waals surface area contributed by atoms with Gasteiger partial charge in [0.2, 0.25) is 15.5 Å². The lowest BCUT2D eigenvalue weighted by molar-refractivity contribution is 0.0745. The fourth-order valence-electron chi connectivity index (χ4n) is 4.88. The molecule has 1 amide bonds. The molecule has 3 aromatic rings. The molecule has 1 aliphatic heterocycles. The molecule has 0 atom stereocenters. The minimum atomic E-state index is -3.73. The molecule has 36 heavy (non-hydrogen) atoms. The topological polar surface area (TPSA) is 82.9 Å². The normalized spacial score (nSPS) is 14.6. The summed E-state index contributed by atoms with van der Waals surface area (Å²) in [6, 6.07) is 10.9. The van der Waals surface area contributed by atoms with Crippen LogP contribution in [0.5, 0.6) is 0 Å². The molecule has 1 aromatic heterocycles. The summed E-state index contributed by atoms with van der Waals surface area (Å²) in [7, 11) is -1.97. The lowest BCUT2D eigenvalue weighted by atomic mass is 10.1. The van der Waals surface area contributed by atoms with Gasteiger partial charge in [-0.05, 0) is 49.2 Å². The number of carbonyl (C=O) groups is 1. The summed E-state index contributed by atoms with van der Waals surface area (Å²) >= 11 is 0. The molecule has 9 heteroatoms. The maximum absolute atomic E-state index is 13.4. The van der Waals surface area contributed by atoms with Crippen LogP contribution in [0.15, 0.2) is 52.3 Å². The van der Waals surface area contributed by atoms with Crippen molar-refractivity contribution in [2.24, 2.45) is 7.05 Å². The lowest BCUT2D eigenvalue weighted by Crippen LogP contribution is -2.49. The molecule has 0 radical (unpaired) electrons. The lowest BCUT2D eigenvalue weighted by Gasteiger charge is -2.37. The van der Waals surface area contributed by atoms with Crippen molar-refractivity contribution in [3.63, 3.8) is 0 Å². The zero-order valence-electron chi connectivity index (χ0n) is 21.6. The summed E-state index contributed by atoms with van der Waals surface area (Å²) in [6.07, 6.45) is 1.56. The predicted molar refractivity (Wildman–Crippen MR) is 143 cm³/mol. The Bertz CT molecular complexity index is 1470. The van der Waals surface area contributed by atoms with Gasteiger partial charge in [0.1, 0.15) is 5.56 Å². The van der Waals surface area contributed by atoms with Gasteiger partial charge in [0.15, 0.2) is 0 Å². The first-order valence-electron chi connectivity index (χ1n) is 12.3. The van der Waals surface area contributed by atoms with E-state index in [2.05, 4.69) is 36.9 Å². The number of anilines is 1. The van der Waals surface area contributed by atoms with E-state index in [1.807, 2.05) is 0 Å². The Morgan fingerprint density at radius 2 is 1.64 bits per heavy atom. The van der Waals surface area contributed by atoms with Gasteiger partial charge in [-0.25, -0.2) is 8.42 Å². The molecule has 0 bridgehead atoms. The summed E-state index contributed by atoms with van der Waals surface area (Å²) in [6.45, 7) is 10.7. The van der Waals surface area contributed by atoms with Crippen molar-refractivity contribution < 1.29 is 13.2 Å². The molecule has 192 valence electrons. The van der Waals surface area contributed by atoms with E-state index in [9.17, 15) is 18.0 Å². The standard InChI is InChI=1S/C27H34N4O4S/c1-6-31(7-2)36(34,35)21-10-11-24-22(17-21)26(32)23(18-28(24)5)27(33)30-14-12-29(13-15-30)25-16-19(3)8-9-20(25)4/h8-11,16-18H,6-7,12-15H2,1-5H3. The number of amides is 1. The van der Waals surface area contributed by atoms with E-state index in [0.717, 1.165) is 0 Å². The van der Waals surface area contributed by atoms with Crippen molar-refractivity contribution in [1.82, 2.24) is 13.8 Å². The Labute approximate surface area is 212 Å². The SMILES string of the molecule is CCN(CC)S(=O)(=O)c1ccc2c(c1)c(=O)c(C(=O)N1CCN(c3cc(C)ccc3C)CC1)cn2C. The maximum atomic E-state index is 13.4. The van der Waals surface area contributed by atoms with E-state index < -0.39 is 15.5 Å². The van der Waals surface area contributed by atoms with Crippen LogP contribution in [-0.4, -0.2) is 67.4 Å². The average Bonchev–Trinajstić information content (AvgIpc) is 2.87. The molecule has 0 saturated carbocycles. The van der Waals surface area contributed by atoms with Crippen LogP contribution in [-0.2, 0) is 17.1 Å². The number of nitrogens with zero attached hydrogens (tertiary/aromatic N) is 4. The minimum absolute atomic E-state index is 0.0579. The van der Waals surface area contributed by atoms with Crippen LogP contribution in [0.1, 0.15) is 35.3 Å². The third kappa shape index (κ3) is 4.65. The number of piperazine rings is 1. The molecular formula is C27H34N4O4S. The molecule has 2 heterocycles. The zero-order chi connectivity index (χ0) is 26.2. The Kier molecular flexibility index (Phi) is 7.24. The average molecular weight is 511 g/mol. The van der Waals surface area contributed by atoms with Crippen molar-refractivity contribution in [1.29, 1.82) is 0 Å². The summed E-state index contributed by atoms with van der Waals surface area (Å²) in [4.78, 5) is 30.9. The summed E-state index contributed by atoms with van der Waals surface area (Å²) < 4.78 is 29.1. The van der Waals surface area contributed by atoms with Gasteiger partial charge in [-0.2, -0.15) is 4.31 Å². The van der Waals surface area contributed by atoms with E-state index in [1.165, 1.54) is 33.3 Å². The van der Waals surface area contributed by atoms with Crippen LogP contribution in [0, 0.1) is 13.8 Å². The number of carbonyl (C=O) groups excluding carboxylic acids is 1. The van der Waals surface area contributed by atoms with Gasteiger partial charge in [0, 0.05) is 63.6 Å². The number of hydrogen-bond donors (Lipinski definition) is 0. The predicted octanol–water partition coefficient (Wildman–Crippen LogP) is 3.15. The summed E-state index contributed by atoms with van der Waals surface area (Å²) in [5.41, 5.74) is 3.75. The Balaban J connectivity index is 1.64. The van der Waals surface area contributed by atoms with Crippen molar-refractivity contribution >= 4 is 32.5 Å². The fraction of sp³-hybridized carbons (Fsp3) is 0.407. The number of rotatable bonds is 6. The first kappa shape index (κ1) is 25.9. The summed E-state index contributed by atoms with van der Waals surface area (Å²) in [5.74, 6) is -0.324. The summed E-state index contributed by atoms with van der Waals surface area (Å²) in [5, 5.41) is 0.227. The van der Waals surface area contributed by atoms with Gasteiger partial charge < -0.3 is 14.4 Å². The first-order valence-corrected chi connectivity index (χ1v) is 13.8. The van der Waals surface area contributed by atoms with Gasteiger partial charge >= 0.3 is 0 Å². The van der Waals surface area contributed by atoms with Crippen molar-refractivity contribution in [3.8, 4) is 0 Å². The minimum Gasteiger partial charge on any atom is -0.368 e. The highest BCUT2D eigenvalue weighted by Crippen LogP contribution is 2.24. The number of hydrogen-bond acceptors (Lipinski definition) is 5. The largest absolute Gasteiger partial charge is 0.368 e. The quantitative estimate of drug-likeness (QED) is 0.509. The van der Waals surface area contributed by atoms with E-state index in [4.69, 9.17) is 0 Å². The highest BCUT2D eigenvalue weighted by atomic mass is 32.2. The van der Waals surface area contributed by atoms with Crippen LogP contribution in [0.3, 0.4) is 0 Å². The second kappa shape index (κ2) is 10.1. The highest BCUT2D eigenvalue weighted by Gasteiger charge is 2.27. The Morgan fingerprint density at radius 3 is 2.28 bits per heavy atom.